The number of amides is 1. The number of aromatic nitrogens is 2. The lowest BCUT2D eigenvalue weighted by Crippen LogP contribution is -2.43. The summed E-state index contributed by atoms with van der Waals surface area (Å²) >= 11 is 5.99. The summed E-state index contributed by atoms with van der Waals surface area (Å²) in [4.78, 5) is 16.6. The molecule has 0 saturated carbocycles. The predicted octanol–water partition coefficient (Wildman–Crippen LogP) is 3.49. The number of carbonyl (C=O) groups is 1. The SMILES string of the molecule is Cn1cnc(S(=O)(=O)N(Cc2ccc(Cl)cc2)c2ccc3c(c2)C(=O)NCC3(C)C)c1. The summed E-state index contributed by atoms with van der Waals surface area (Å²) in [7, 11) is -2.27. The number of rotatable bonds is 5. The molecule has 0 fully saturated rings. The lowest BCUT2D eigenvalue weighted by molar-refractivity contribution is 0.0930. The second kappa shape index (κ2) is 7.69. The molecule has 9 heteroatoms. The molecule has 7 nitrogen and oxygen atoms in total. The Morgan fingerprint density at radius 2 is 1.90 bits per heavy atom. The van der Waals surface area contributed by atoms with Gasteiger partial charge in [-0.15, -0.1) is 0 Å². The summed E-state index contributed by atoms with van der Waals surface area (Å²) < 4.78 is 29.9. The van der Waals surface area contributed by atoms with E-state index in [0.29, 0.717) is 22.8 Å². The maximum atomic E-state index is 13.5. The van der Waals surface area contributed by atoms with Gasteiger partial charge in [0, 0.05) is 35.8 Å². The van der Waals surface area contributed by atoms with Gasteiger partial charge in [0.25, 0.3) is 15.9 Å². The predicted molar refractivity (Wildman–Crippen MR) is 120 cm³/mol. The van der Waals surface area contributed by atoms with E-state index in [-0.39, 0.29) is 22.9 Å². The van der Waals surface area contributed by atoms with Crippen LogP contribution in [-0.4, -0.2) is 30.4 Å². The Balaban J connectivity index is 1.84. The lowest BCUT2D eigenvalue weighted by atomic mass is 9.79. The fraction of sp³-hybridized carbons (Fsp3) is 0.273. The number of anilines is 1. The normalized spacial score (nSPS) is 15.3. The molecule has 1 aliphatic heterocycles. The molecule has 0 bridgehead atoms. The average Bonchev–Trinajstić information content (AvgIpc) is 3.17. The van der Waals surface area contributed by atoms with Crippen LogP contribution in [0.25, 0.3) is 0 Å². The zero-order valence-electron chi connectivity index (χ0n) is 17.5. The fourth-order valence-corrected chi connectivity index (χ4v) is 5.20. The van der Waals surface area contributed by atoms with Crippen LogP contribution >= 0.6 is 11.6 Å². The maximum Gasteiger partial charge on any atom is 0.283 e. The zero-order chi connectivity index (χ0) is 22.4. The van der Waals surface area contributed by atoms with E-state index in [1.807, 2.05) is 19.9 Å². The highest BCUT2D eigenvalue weighted by molar-refractivity contribution is 7.92. The quantitative estimate of drug-likeness (QED) is 0.634. The monoisotopic (exact) mass is 458 g/mol. The molecule has 1 aromatic heterocycles. The zero-order valence-corrected chi connectivity index (χ0v) is 19.0. The van der Waals surface area contributed by atoms with Crippen molar-refractivity contribution in [2.45, 2.75) is 30.8 Å². The summed E-state index contributed by atoms with van der Waals surface area (Å²) in [6, 6.07) is 12.2. The standard InChI is InChI=1S/C22H23ClN4O3S/c1-22(2)13-24-21(28)18-10-17(8-9-19(18)22)27(11-15-4-6-16(23)7-5-15)31(29,30)20-12-26(3)14-25-20/h4-10,12,14H,11,13H2,1-3H3,(H,24,28). The molecule has 0 spiro atoms. The lowest BCUT2D eigenvalue weighted by Gasteiger charge is -2.33. The molecule has 1 amide bonds. The molecule has 0 atom stereocenters. The molecule has 0 radical (unpaired) electrons. The summed E-state index contributed by atoms with van der Waals surface area (Å²) in [6.45, 7) is 4.68. The van der Waals surface area contributed by atoms with Gasteiger partial charge < -0.3 is 9.88 Å². The first kappa shape index (κ1) is 21.4. The van der Waals surface area contributed by atoms with Gasteiger partial charge in [-0.1, -0.05) is 43.6 Å². The molecule has 162 valence electrons. The molecule has 31 heavy (non-hydrogen) atoms. The molecule has 3 aromatic rings. The van der Waals surface area contributed by atoms with Crippen LogP contribution in [0.4, 0.5) is 5.69 Å². The van der Waals surface area contributed by atoms with Gasteiger partial charge in [-0.2, -0.15) is 8.42 Å². The van der Waals surface area contributed by atoms with Crippen LogP contribution in [0.3, 0.4) is 0 Å². The number of carbonyl (C=O) groups excluding carboxylic acids is 1. The van der Waals surface area contributed by atoms with Crippen molar-refractivity contribution in [3.63, 3.8) is 0 Å². The third-order valence-electron chi connectivity index (χ3n) is 5.43. The highest BCUT2D eigenvalue weighted by Gasteiger charge is 2.34. The first-order valence-corrected chi connectivity index (χ1v) is 11.6. The van der Waals surface area contributed by atoms with Crippen LogP contribution < -0.4 is 9.62 Å². The van der Waals surface area contributed by atoms with Crippen LogP contribution in [0, 0.1) is 0 Å². The van der Waals surface area contributed by atoms with Crippen LogP contribution in [0.15, 0.2) is 60.0 Å². The number of benzene rings is 2. The minimum atomic E-state index is -3.98. The number of aryl methyl sites for hydroxylation is 1. The molecule has 1 N–H and O–H groups in total. The van der Waals surface area contributed by atoms with E-state index < -0.39 is 10.0 Å². The number of hydrogen-bond acceptors (Lipinski definition) is 4. The van der Waals surface area contributed by atoms with E-state index in [1.165, 1.54) is 16.8 Å². The van der Waals surface area contributed by atoms with Crippen LogP contribution in [0.2, 0.25) is 5.02 Å². The smallest absolute Gasteiger partial charge is 0.283 e. The highest BCUT2D eigenvalue weighted by atomic mass is 35.5. The van der Waals surface area contributed by atoms with Gasteiger partial charge in [0.1, 0.15) is 0 Å². The fourth-order valence-electron chi connectivity index (χ4n) is 3.66. The molecule has 0 aliphatic carbocycles. The van der Waals surface area contributed by atoms with E-state index in [9.17, 15) is 13.2 Å². The van der Waals surface area contributed by atoms with Gasteiger partial charge >= 0.3 is 0 Å². The topological polar surface area (TPSA) is 84.3 Å². The number of sulfonamides is 1. The van der Waals surface area contributed by atoms with Crippen molar-refractivity contribution in [1.82, 2.24) is 14.9 Å². The van der Waals surface area contributed by atoms with Gasteiger partial charge in [-0.3, -0.25) is 9.10 Å². The van der Waals surface area contributed by atoms with E-state index in [1.54, 1.807) is 48.0 Å². The van der Waals surface area contributed by atoms with Crippen LogP contribution in [-0.2, 0) is 29.0 Å². The Hall–Kier alpha value is -2.84. The molecular formula is C22H23ClN4O3S. The Kier molecular flexibility index (Phi) is 5.31. The van der Waals surface area contributed by atoms with Crippen molar-refractivity contribution in [3.8, 4) is 0 Å². The summed E-state index contributed by atoms with van der Waals surface area (Å²) in [5, 5.41) is 3.39. The highest BCUT2D eigenvalue weighted by Crippen LogP contribution is 2.34. The van der Waals surface area contributed by atoms with Gasteiger partial charge in [0.05, 0.1) is 18.6 Å². The van der Waals surface area contributed by atoms with Crippen molar-refractivity contribution in [2.75, 3.05) is 10.8 Å². The molecule has 0 saturated heterocycles. The molecule has 2 aromatic carbocycles. The maximum absolute atomic E-state index is 13.5. The molecule has 2 heterocycles. The molecule has 4 rings (SSSR count). The summed E-state index contributed by atoms with van der Waals surface area (Å²) in [5.41, 5.74) is 2.27. The number of nitrogens with one attached hydrogen (secondary N) is 1. The van der Waals surface area contributed by atoms with E-state index >= 15 is 0 Å². The second-order valence-corrected chi connectivity index (χ2v) is 10.6. The summed E-state index contributed by atoms with van der Waals surface area (Å²) in [5.74, 6) is -0.210. The largest absolute Gasteiger partial charge is 0.351 e. The second-order valence-electron chi connectivity index (χ2n) is 8.31. The van der Waals surface area contributed by atoms with Crippen molar-refractivity contribution in [1.29, 1.82) is 0 Å². The first-order chi connectivity index (χ1) is 14.6. The van der Waals surface area contributed by atoms with Crippen LogP contribution in [0.1, 0.15) is 35.3 Å². The Morgan fingerprint density at radius 1 is 1.19 bits per heavy atom. The Bertz CT molecular complexity index is 1250. The Morgan fingerprint density at radius 3 is 2.55 bits per heavy atom. The number of nitrogens with zero attached hydrogens (tertiary/aromatic N) is 3. The minimum absolute atomic E-state index is 0.0635. The van der Waals surface area contributed by atoms with Crippen molar-refractivity contribution < 1.29 is 13.2 Å². The third kappa shape index (κ3) is 4.05. The minimum Gasteiger partial charge on any atom is -0.351 e. The summed E-state index contributed by atoms with van der Waals surface area (Å²) in [6.07, 6.45) is 2.90. The molecular weight excluding hydrogens is 436 g/mol. The van der Waals surface area contributed by atoms with E-state index in [0.717, 1.165) is 11.1 Å². The molecule has 0 unspecified atom stereocenters. The van der Waals surface area contributed by atoms with E-state index in [2.05, 4.69) is 10.3 Å². The molecule has 1 aliphatic rings. The van der Waals surface area contributed by atoms with Gasteiger partial charge in [0.15, 0.2) is 5.03 Å². The van der Waals surface area contributed by atoms with Gasteiger partial charge in [-0.05, 0) is 35.4 Å². The van der Waals surface area contributed by atoms with Crippen LogP contribution in [0.5, 0.6) is 0 Å². The number of imidazole rings is 1. The number of fused-ring (bicyclic) bond motifs is 1. The average molecular weight is 459 g/mol. The van der Waals surface area contributed by atoms with Gasteiger partial charge in [-0.25, -0.2) is 4.98 Å². The Labute approximate surface area is 186 Å². The van der Waals surface area contributed by atoms with Crippen molar-refractivity contribution in [2.24, 2.45) is 7.05 Å². The number of hydrogen-bond donors (Lipinski definition) is 1. The van der Waals surface area contributed by atoms with Crippen molar-refractivity contribution in [3.05, 3.63) is 76.7 Å². The van der Waals surface area contributed by atoms with E-state index in [4.69, 9.17) is 11.6 Å². The first-order valence-electron chi connectivity index (χ1n) is 9.76. The van der Waals surface area contributed by atoms with Crippen molar-refractivity contribution >= 4 is 33.2 Å². The third-order valence-corrected chi connectivity index (χ3v) is 7.34. The number of halogens is 1. The van der Waals surface area contributed by atoms with Gasteiger partial charge in [0.2, 0.25) is 0 Å².